The second-order valence-corrected chi connectivity index (χ2v) is 8.74. The number of amides is 1. The van der Waals surface area contributed by atoms with Crippen molar-refractivity contribution < 1.29 is 31.1 Å². The van der Waals surface area contributed by atoms with Crippen molar-refractivity contribution in [1.82, 2.24) is 4.31 Å². The van der Waals surface area contributed by atoms with E-state index < -0.39 is 34.2 Å². The highest BCUT2D eigenvalue weighted by molar-refractivity contribution is 7.89. The summed E-state index contributed by atoms with van der Waals surface area (Å²) in [6, 6.07) is 7.30. The first-order valence-electron chi connectivity index (χ1n) is 9.03. The summed E-state index contributed by atoms with van der Waals surface area (Å²) in [5.41, 5.74) is 0.549. The van der Waals surface area contributed by atoms with E-state index in [1.165, 1.54) is 19.2 Å². The molecular formula is C20H23F3N2O4S. The van der Waals surface area contributed by atoms with Crippen LogP contribution >= 0.6 is 0 Å². The lowest BCUT2D eigenvalue weighted by Crippen LogP contribution is -2.35. The number of halogens is 3. The molecule has 0 heterocycles. The number of likely N-dealkylation sites (N-methyl/N-ethyl adjacent to an activating group) is 1. The van der Waals surface area contributed by atoms with E-state index in [1.807, 2.05) is 6.92 Å². The van der Waals surface area contributed by atoms with E-state index in [0.29, 0.717) is 0 Å². The van der Waals surface area contributed by atoms with E-state index in [2.05, 4.69) is 5.32 Å². The number of hydrogen-bond acceptors (Lipinski definition) is 4. The maximum Gasteiger partial charge on any atom is 0.416 e. The van der Waals surface area contributed by atoms with Gasteiger partial charge in [-0.2, -0.15) is 17.5 Å². The number of carbonyl (C=O) groups is 1. The van der Waals surface area contributed by atoms with Crippen molar-refractivity contribution in [2.75, 3.05) is 25.5 Å². The first-order chi connectivity index (χ1) is 13.9. The van der Waals surface area contributed by atoms with Gasteiger partial charge >= 0.3 is 6.18 Å². The molecule has 0 bridgehead atoms. The van der Waals surface area contributed by atoms with Crippen molar-refractivity contribution in [2.45, 2.75) is 31.8 Å². The Kier molecular flexibility index (Phi) is 7.14. The normalized spacial score (nSPS) is 12.1. The predicted octanol–water partition coefficient (Wildman–Crippen LogP) is 3.98. The van der Waals surface area contributed by atoms with Crippen molar-refractivity contribution in [2.24, 2.45) is 0 Å². The average Bonchev–Trinajstić information content (AvgIpc) is 2.64. The van der Waals surface area contributed by atoms with Crippen molar-refractivity contribution in [3.8, 4) is 5.75 Å². The SMILES string of the molecule is CCOc1ccc(C(F)(F)F)cc1NC(=O)CN(C)S(=O)(=O)c1ccc(C)c(C)c1. The van der Waals surface area contributed by atoms with Crippen LogP contribution < -0.4 is 10.1 Å². The zero-order valence-electron chi connectivity index (χ0n) is 17.0. The molecule has 0 unspecified atom stereocenters. The second kappa shape index (κ2) is 9.05. The van der Waals surface area contributed by atoms with Crippen LogP contribution in [0.5, 0.6) is 5.75 Å². The third-order valence-electron chi connectivity index (χ3n) is 4.43. The smallest absolute Gasteiger partial charge is 0.416 e. The Bertz CT molecular complexity index is 1040. The minimum absolute atomic E-state index is 0.0231. The Morgan fingerprint density at radius 1 is 1.10 bits per heavy atom. The predicted molar refractivity (Wildman–Crippen MR) is 107 cm³/mol. The number of hydrogen-bond donors (Lipinski definition) is 1. The van der Waals surface area contributed by atoms with Gasteiger partial charge < -0.3 is 10.1 Å². The second-order valence-electron chi connectivity index (χ2n) is 6.70. The summed E-state index contributed by atoms with van der Waals surface area (Å²) in [6.45, 7) is 4.84. The summed E-state index contributed by atoms with van der Waals surface area (Å²) < 4.78 is 70.5. The zero-order chi connectivity index (χ0) is 22.7. The van der Waals surface area contributed by atoms with Gasteiger partial charge in [0.15, 0.2) is 0 Å². The summed E-state index contributed by atoms with van der Waals surface area (Å²) in [7, 11) is -2.73. The van der Waals surface area contributed by atoms with Crippen LogP contribution in [0.1, 0.15) is 23.6 Å². The number of aryl methyl sites for hydroxylation is 2. The van der Waals surface area contributed by atoms with Crippen LogP contribution in [-0.4, -0.2) is 38.8 Å². The molecule has 1 amide bonds. The number of rotatable bonds is 7. The van der Waals surface area contributed by atoms with Gasteiger partial charge in [0.25, 0.3) is 0 Å². The fourth-order valence-corrected chi connectivity index (χ4v) is 3.83. The molecule has 0 atom stereocenters. The van der Waals surface area contributed by atoms with Crippen molar-refractivity contribution in [3.63, 3.8) is 0 Å². The van der Waals surface area contributed by atoms with E-state index in [9.17, 15) is 26.4 Å². The molecule has 0 spiro atoms. The summed E-state index contributed by atoms with van der Waals surface area (Å²) in [5.74, 6) is -0.747. The largest absolute Gasteiger partial charge is 0.492 e. The molecule has 0 aliphatic carbocycles. The molecular weight excluding hydrogens is 421 g/mol. The van der Waals surface area contributed by atoms with Gasteiger partial charge in [-0.1, -0.05) is 6.07 Å². The van der Waals surface area contributed by atoms with E-state index in [1.54, 1.807) is 19.9 Å². The highest BCUT2D eigenvalue weighted by Gasteiger charge is 2.31. The third kappa shape index (κ3) is 5.51. The topological polar surface area (TPSA) is 75.7 Å². The maximum absolute atomic E-state index is 13.0. The van der Waals surface area contributed by atoms with Crippen LogP contribution in [0.15, 0.2) is 41.3 Å². The standard InChI is InChI=1S/C20H23F3N2O4S/c1-5-29-18-9-7-15(20(21,22)23)11-17(18)24-19(26)12-25(4)30(27,28)16-8-6-13(2)14(3)10-16/h6-11H,5,12H2,1-4H3,(H,24,26). The fraction of sp³-hybridized carbons (Fsp3) is 0.350. The van der Waals surface area contributed by atoms with Gasteiger partial charge in [-0.15, -0.1) is 0 Å². The van der Waals surface area contributed by atoms with Gasteiger partial charge in [0.2, 0.25) is 15.9 Å². The fourth-order valence-electron chi connectivity index (χ4n) is 2.62. The number of nitrogens with zero attached hydrogens (tertiary/aromatic N) is 1. The summed E-state index contributed by atoms with van der Waals surface area (Å²) in [6.07, 6.45) is -4.60. The van der Waals surface area contributed by atoms with Crippen LogP contribution in [0.2, 0.25) is 0 Å². The number of alkyl halides is 3. The number of carbonyl (C=O) groups excluding carboxylic acids is 1. The van der Waals surface area contributed by atoms with Crippen LogP contribution in [0.25, 0.3) is 0 Å². The minimum Gasteiger partial charge on any atom is -0.492 e. The quantitative estimate of drug-likeness (QED) is 0.701. The first kappa shape index (κ1) is 23.7. The molecule has 164 valence electrons. The lowest BCUT2D eigenvalue weighted by molar-refractivity contribution is -0.137. The van der Waals surface area contributed by atoms with Crippen LogP contribution in [0.4, 0.5) is 18.9 Å². The molecule has 10 heteroatoms. The Labute approximate surface area is 173 Å². The van der Waals surface area contributed by atoms with Gasteiger partial charge in [0.05, 0.1) is 29.3 Å². The summed E-state index contributed by atoms with van der Waals surface area (Å²) >= 11 is 0. The van der Waals surface area contributed by atoms with Crippen LogP contribution in [0, 0.1) is 13.8 Å². The highest BCUT2D eigenvalue weighted by Crippen LogP contribution is 2.35. The molecule has 1 N–H and O–H groups in total. The maximum atomic E-state index is 13.0. The van der Waals surface area contributed by atoms with E-state index in [-0.39, 0.29) is 22.9 Å². The molecule has 0 saturated carbocycles. The number of nitrogens with one attached hydrogen (secondary N) is 1. The van der Waals surface area contributed by atoms with E-state index >= 15 is 0 Å². The molecule has 0 aromatic heterocycles. The molecule has 0 radical (unpaired) electrons. The van der Waals surface area contributed by atoms with Gasteiger partial charge in [-0.25, -0.2) is 8.42 Å². The monoisotopic (exact) mass is 444 g/mol. The van der Waals surface area contributed by atoms with Crippen molar-refractivity contribution >= 4 is 21.6 Å². The summed E-state index contributed by atoms with van der Waals surface area (Å²) in [5, 5.41) is 2.31. The zero-order valence-corrected chi connectivity index (χ0v) is 17.8. The molecule has 0 fully saturated rings. The summed E-state index contributed by atoms with van der Waals surface area (Å²) in [4.78, 5) is 12.4. The molecule has 2 rings (SSSR count). The third-order valence-corrected chi connectivity index (χ3v) is 6.23. The Hall–Kier alpha value is -2.59. The molecule has 0 aliphatic heterocycles. The Balaban J connectivity index is 2.22. The van der Waals surface area contributed by atoms with Gasteiger partial charge in [0.1, 0.15) is 5.75 Å². The molecule has 2 aromatic carbocycles. The Morgan fingerprint density at radius 3 is 2.33 bits per heavy atom. The van der Waals surface area contributed by atoms with Crippen molar-refractivity contribution in [1.29, 1.82) is 0 Å². The number of ether oxygens (including phenoxy) is 1. The molecule has 0 aliphatic rings. The highest BCUT2D eigenvalue weighted by atomic mass is 32.2. The van der Waals surface area contributed by atoms with Crippen LogP contribution in [-0.2, 0) is 21.0 Å². The average molecular weight is 444 g/mol. The van der Waals surface area contributed by atoms with E-state index in [0.717, 1.165) is 33.6 Å². The molecule has 6 nitrogen and oxygen atoms in total. The molecule has 2 aromatic rings. The van der Waals surface area contributed by atoms with E-state index in [4.69, 9.17) is 4.74 Å². The lowest BCUT2D eigenvalue weighted by atomic mass is 10.1. The lowest BCUT2D eigenvalue weighted by Gasteiger charge is -2.19. The number of sulfonamides is 1. The van der Waals surface area contributed by atoms with Crippen molar-refractivity contribution in [3.05, 3.63) is 53.1 Å². The molecule has 0 saturated heterocycles. The number of benzene rings is 2. The van der Waals surface area contributed by atoms with Crippen LogP contribution in [0.3, 0.4) is 0 Å². The van der Waals surface area contributed by atoms with Gasteiger partial charge in [-0.3, -0.25) is 4.79 Å². The first-order valence-corrected chi connectivity index (χ1v) is 10.5. The Morgan fingerprint density at radius 2 is 1.77 bits per heavy atom. The van der Waals surface area contributed by atoms with Gasteiger partial charge in [-0.05, 0) is 62.2 Å². The van der Waals surface area contributed by atoms with Gasteiger partial charge in [0, 0.05) is 7.05 Å². The molecule has 30 heavy (non-hydrogen) atoms. The number of anilines is 1. The minimum atomic E-state index is -4.60.